The van der Waals surface area contributed by atoms with Crippen molar-refractivity contribution in [3.05, 3.63) is 30.1 Å². The molecule has 21 heavy (non-hydrogen) atoms. The van der Waals surface area contributed by atoms with E-state index in [1.807, 2.05) is 6.92 Å². The summed E-state index contributed by atoms with van der Waals surface area (Å²) in [6, 6.07) is 6.05. The Morgan fingerprint density at radius 1 is 1.48 bits per heavy atom. The summed E-state index contributed by atoms with van der Waals surface area (Å²) in [5, 5.41) is 12.5. The maximum Gasteiger partial charge on any atom is 0.261 e. The van der Waals surface area contributed by atoms with Gasteiger partial charge in [0.15, 0.2) is 17.7 Å². The third kappa shape index (κ3) is 4.17. The largest absolute Gasteiger partial charge is 0.478 e. The van der Waals surface area contributed by atoms with Crippen LogP contribution in [0.1, 0.15) is 32.6 Å². The molecule has 0 aliphatic heterocycles. The topological polar surface area (TPSA) is 58.6 Å². The molecule has 0 aromatic heterocycles. The fourth-order valence-corrected chi connectivity index (χ4v) is 2.62. The lowest BCUT2D eigenvalue weighted by atomic mass is 10.1. The van der Waals surface area contributed by atoms with Crippen LogP contribution in [0.2, 0.25) is 0 Å². The summed E-state index contributed by atoms with van der Waals surface area (Å²) in [7, 11) is 0. The minimum atomic E-state index is -0.722. The summed E-state index contributed by atoms with van der Waals surface area (Å²) in [6.45, 7) is 2.26. The number of nitrogens with one attached hydrogen (secondary N) is 1. The van der Waals surface area contributed by atoms with Crippen molar-refractivity contribution < 1.29 is 19.0 Å². The molecule has 1 fully saturated rings. The van der Waals surface area contributed by atoms with Crippen LogP contribution in [0.15, 0.2) is 24.3 Å². The molecule has 0 spiro atoms. The fraction of sp³-hybridized carbons (Fsp3) is 0.562. The van der Waals surface area contributed by atoms with Crippen LogP contribution in [0.5, 0.6) is 5.75 Å². The van der Waals surface area contributed by atoms with Crippen LogP contribution in [0.4, 0.5) is 4.39 Å². The molecule has 1 amide bonds. The first-order valence-corrected chi connectivity index (χ1v) is 7.48. The smallest absolute Gasteiger partial charge is 0.261 e. The summed E-state index contributed by atoms with van der Waals surface area (Å²) in [5.74, 6) is -0.546. The van der Waals surface area contributed by atoms with E-state index in [1.54, 1.807) is 12.1 Å². The molecule has 2 N–H and O–H groups in total. The SMILES string of the molecule is CCC(Oc1ccccc1F)C(=O)NCC1CCCC1O. The first-order valence-electron chi connectivity index (χ1n) is 7.48. The van der Waals surface area contributed by atoms with Gasteiger partial charge in [0.2, 0.25) is 0 Å². The van der Waals surface area contributed by atoms with Crippen LogP contribution in [-0.2, 0) is 4.79 Å². The first-order chi connectivity index (χ1) is 10.1. The van der Waals surface area contributed by atoms with Crippen molar-refractivity contribution in [1.29, 1.82) is 0 Å². The van der Waals surface area contributed by atoms with Crippen molar-refractivity contribution in [3.8, 4) is 5.75 Å². The van der Waals surface area contributed by atoms with Gasteiger partial charge in [-0.05, 0) is 31.4 Å². The molecular formula is C16H22FNO3. The number of ether oxygens (including phenoxy) is 1. The molecule has 1 aromatic carbocycles. The Bertz CT molecular complexity index is 480. The second kappa shape index (κ2) is 7.41. The molecular weight excluding hydrogens is 273 g/mol. The number of carbonyl (C=O) groups excluding carboxylic acids is 1. The first kappa shape index (κ1) is 15.8. The summed E-state index contributed by atoms with van der Waals surface area (Å²) >= 11 is 0. The molecule has 1 saturated carbocycles. The van der Waals surface area contributed by atoms with Gasteiger partial charge >= 0.3 is 0 Å². The van der Waals surface area contributed by atoms with Gasteiger partial charge in [0.25, 0.3) is 5.91 Å². The number of halogens is 1. The van der Waals surface area contributed by atoms with Crippen molar-refractivity contribution in [2.75, 3.05) is 6.54 Å². The number of hydrogen-bond donors (Lipinski definition) is 2. The molecule has 1 aliphatic rings. The lowest BCUT2D eigenvalue weighted by Gasteiger charge is -2.20. The quantitative estimate of drug-likeness (QED) is 0.846. The molecule has 3 unspecified atom stereocenters. The van der Waals surface area contributed by atoms with Crippen LogP contribution in [-0.4, -0.2) is 29.8 Å². The minimum Gasteiger partial charge on any atom is -0.478 e. The summed E-state index contributed by atoms with van der Waals surface area (Å²) in [4.78, 5) is 12.1. The van der Waals surface area contributed by atoms with Crippen LogP contribution in [0, 0.1) is 11.7 Å². The second-order valence-corrected chi connectivity index (χ2v) is 5.45. The summed E-state index contributed by atoms with van der Waals surface area (Å²) in [5.41, 5.74) is 0. The maximum absolute atomic E-state index is 13.5. The second-order valence-electron chi connectivity index (χ2n) is 5.45. The molecule has 0 heterocycles. The van der Waals surface area contributed by atoms with E-state index in [0.29, 0.717) is 13.0 Å². The van der Waals surface area contributed by atoms with Crippen molar-refractivity contribution in [2.45, 2.75) is 44.8 Å². The Hall–Kier alpha value is -1.62. The average Bonchev–Trinajstić information content (AvgIpc) is 2.89. The molecule has 0 bridgehead atoms. The fourth-order valence-electron chi connectivity index (χ4n) is 2.62. The third-order valence-electron chi connectivity index (χ3n) is 3.93. The number of aliphatic hydroxyl groups is 1. The summed E-state index contributed by atoms with van der Waals surface area (Å²) in [6.07, 6.45) is 2.10. The van der Waals surface area contributed by atoms with E-state index in [-0.39, 0.29) is 23.7 Å². The Labute approximate surface area is 124 Å². The highest BCUT2D eigenvalue weighted by molar-refractivity contribution is 5.81. The predicted octanol–water partition coefficient (Wildman–Crippen LogP) is 2.26. The molecule has 2 rings (SSSR count). The Balaban J connectivity index is 1.88. The van der Waals surface area contributed by atoms with Crippen molar-refractivity contribution in [1.82, 2.24) is 5.32 Å². The molecule has 3 atom stereocenters. The average molecular weight is 295 g/mol. The lowest BCUT2D eigenvalue weighted by molar-refractivity contribution is -0.128. The zero-order valence-corrected chi connectivity index (χ0v) is 12.2. The molecule has 1 aliphatic carbocycles. The van der Waals surface area contributed by atoms with E-state index in [0.717, 1.165) is 19.3 Å². The number of para-hydroxylation sites is 1. The number of hydrogen-bond acceptors (Lipinski definition) is 3. The van der Waals surface area contributed by atoms with Crippen LogP contribution < -0.4 is 10.1 Å². The Kier molecular flexibility index (Phi) is 5.56. The number of amides is 1. The van der Waals surface area contributed by atoms with Crippen molar-refractivity contribution in [3.63, 3.8) is 0 Å². The molecule has 0 saturated heterocycles. The maximum atomic E-state index is 13.5. The number of rotatable bonds is 6. The third-order valence-corrected chi connectivity index (χ3v) is 3.93. The molecule has 5 heteroatoms. The van der Waals surface area contributed by atoms with Crippen LogP contribution in [0.3, 0.4) is 0 Å². The van der Waals surface area contributed by atoms with Gasteiger partial charge in [0.05, 0.1) is 6.10 Å². The Morgan fingerprint density at radius 3 is 2.86 bits per heavy atom. The van der Waals surface area contributed by atoms with Crippen LogP contribution >= 0.6 is 0 Å². The van der Waals surface area contributed by atoms with Crippen molar-refractivity contribution >= 4 is 5.91 Å². The van der Waals surface area contributed by atoms with E-state index < -0.39 is 11.9 Å². The number of aliphatic hydroxyl groups excluding tert-OH is 1. The van der Waals surface area contributed by atoms with Gasteiger partial charge in [0.1, 0.15) is 0 Å². The number of carbonyl (C=O) groups is 1. The minimum absolute atomic E-state index is 0.0837. The highest BCUT2D eigenvalue weighted by atomic mass is 19.1. The molecule has 4 nitrogen and oxygen atoms in total. The molecule has 0 radical (unpaired) electrons. The standard InChI is InChI=1S/C16H22FNO3/c1-2-14(21-15-9-4-3-7-12(15)17)16(20)18-10-11-6-5-8-13(11)19/h3-4,7,9,11,13-14,19H,2,5-6,8,10H2,1H3,(H,18,20). The normalized spacial score (nSPS) is 22.8. The predicted molar refractivity (Wildman–Crippen MR) is 77.5 cm³/mol. The van der Waals surface area contributed by atoms with Gasteiger partial charge in [-0.3, -0.25) is 4.79 Å². The Morgan fingerprint density at radius 2 is 2.24 bits per heavy atom. The monoisotopic (exact) mass is 295 g/mol. The van der Waals surface area contributed by atoms with Gasteiger partial charge in [-0.1, -0.05) is 25.5 Å². The van der Waals surface area contributed by atoms with Crippen LogP contribution in [0.25, 0.3) is 0 Å². The van der Waals surface area contributed by atoms with E-state index in [4.69, 9.17) is 4.74 Å². The zero-order valence-electron chi connectivity index (χ0n) is 12.2. The van der Waals surface area contributed by atoms with E-state index >= 15 is 0 Å². The highest BCUT2D eigenvalue weighted by Gasteiger charge is 2.27. The summed E-state index contributed by atoms with van der Waals surface area (Å²) < 4.78 is 19.0. The molecule has 1 aromatic rings. The van der Waals surface area contributed by atoms with Gasteiger partial charge in [-0.15, -0.1) is 0 Å². The van der Waals surface area contributed by atoms with Gasteiger partial charge < -0.3 is 15.2 Å². The van der Waals surface area contributed by atoms with Gasteiger partial charge in [-0.2, -0.15) is 0 Å². The zero-order chi connectivity index (χ0) is 15.2. The van der Waals surface area contributed by atoms with Gasteiger partial charge in [0, 0.05) is 12.5 Å². The van der Waals surface area contributed by atoms with Gasteiger partial charge in [-0.25, -0.2) is 4.39 Å². The van der Waals surface area contributed by atoms with Crippen molar-refractivity contribution in [2.24, 2.45) is 5.92 Å². The van der Waals surface area contributed by atoms with E-state index in [2.05, 4.69) is 5.32 Å². The van der Waals surface area contributed by atoms with E-state index in [9.17, 15) is 14.3 Å². The highest BCUT2D eigenvalue weighted by Crippen LogP contribution is 2.24. The molecule has 116 valence electrons. The number of benzene rings is 1. The lowest BCUT2D eigenvalue weighted by Crippen LogP contribution is -2.41. The van der Waals surface area contributed by atoms with E-state index in [1.165, 1.54) is 12.1 Å².